The maximum atomic E-state index is 3.78. The molecule has 0 aliphatic heterocycles. The van der Waals surface area contributed by atoms with Gasteiger partial charge in [-0.25, -0.2) is 0 Å². The zero-order chi connectivity index (χ0) is 12.7. The van der Waals surface area contributed by atoms with E-state index in [0.717, 1.165) is 0 Å². The molecule has 0 fully saturated rings. The van der Waals surface area contributed by atoms with Crippen molar-refractivity contribution in [3.63, 3.8) is 0 Å². The second kappa shape index (κ2) is 4.01. The minimum atomic E-state index is 0.301. The van der Waals surface area contributed by atoms with Crippen LogP contribution in [-0.2, 0) is 10.8 Å². The lowest BCUT2D eigenvalue weighted by Crippen LogP contribution is -2.33. The molecule has 1 aromatic carbocycles. The van der Waals surface area contributed by atoms with Gasteiger partial charge in [-0.2, -0.15) is 0 Å². The molecule has 2 rings (SSSR count). The van der Waals surface area contributed by atoms with Crippen molar-refractivity contribution in [1.82, 2.24) is 0 Å². The minimum Gasteiger partial charge on any atom is -0.0836 e. The van der Waals surface area contributed by atoms with Crippen molar-refractivity contribution in [2.45, 2.75) is 51.4 Å². The van der Waals surface area contributed by atoms with E-state index in [-0.39, 0.29) is 0 Å². The van der Waals surface area contributed by atoms with Crippen LogP contribution in [0.4, 0.5) is 0 Å². The molecule has 0 unspecified atom stereocenters. The number of hydrogen-bond donors (Lipinski definition) is 0. The molecular weight excluding hydrogens is 204 g/mol. The Balaban J connectivity index is 2.60. The monoisotopic (exact) mass is 227 g/mol. The fourth-order valence-corrected chi connectivity index (χ4v) is 2.85. The van der Waals surface area contributed by atoms with E-state index in [9.17, 15) is 0 Å². The Morgan fingerprint density at radius 3 is 2.18 bits per heavy atom. The number of hydrogen-bond acceptors (Lipinski definition) is 0. The molecule has 0 N–H and O–H groups in total. The standard InChI is InChI=1S/C17H23/c1-6-7-13-8-9-14-15(12-13)17(4,5)11-10-16(14,2)3/h6-9,12H,1,10-11H2,2-5H3. The summed E-state index contributed by atoms with van der Waals surface area (Å²) in [5, 5.41) is 0. The highest BCUT2D eigenvalue weighted by molar-refractivity contribution is 5.55. The molecular formula is C17H23. The Bertz CT molecular complexity index is 447. The number of allylic oxidation sites excluding steroid dienone is 1. The molecule has 0 saturated heterocycles. The van der Waals surface area contributed by atoms with Crippen molar-refractivity contribution in [1.29, 1.82) is 0 Å². The van der Waals surface area contributed by atoms with E-state index >= 15 is 0 Å². The lowest BCUT2D eigenvalue weighted by atomic mass is 9.63. The Kier molecular flexibility index (Phi) is 2.93. The van der Waals surface area contributed by atoms with Crippen LogP contribution in [0, 0.1) is 6.92 Å². The predicted molar refractivity (Wildman–Crippen MR) is 76.1 cm³/mol. The van der Waals surface area contributed by atoms with E-state index in [1.165, 1.54) is 29.5 Å². The van der Waals surface area contributed by atoms with E-state index in [2.05, 4.69) is 58.9 Å². The molecule has 0 saturated carbocycles. The predicted octanol–water partition coefficient (Wildman–Crippen LogP) is 4.88. The quantitative estimate of drug-likeness (QED) is 0.641. The molecule has 1 aromatic rings. The Labute approximate surface area is 106 Å². The molecule has 0 atom stereocenters. The van der Waals surface area contributed by atoms with E-state index in [1.54, 1.807) is 0 Å². The first-order valence-corrected chi connectivity index (χ1v) is 6.48. The van der Waals surface area contributed by atoms with Gasteiger partial charge >= 0.3 is 0 Å². The van der Waals surface area contributed by atoms with Gasteiger partial charge in [0, 0.05) is 0 Å². The summed E-state index contributed by atoms with van der Waals surface area (Å²) in [6, 6.07) is 6.87. The smallest absolute Gasteiger partial charge is 0.0100 e. The lowest BCUT2D eigenvalue weighted by Gasteiger charge is -2.42. The summed E-state index contributed by atoms with van der Waals surface area (Å²) in [6.45, 7) is 13.2. The van der Waals surface area contributed by atoms with Gasteiger partial charge in [0.25, 0.3) is 0 Å². The summed E-state index contributed by atoms with van der Waals surface area (Å²) in [4.78, 5) is 0. The second-order valence-electron chi connectivity index (χ2n) is 6.48. The highest BCUT2D eigenvalue weighted by Crippen LogP contribution is 2.45. The van der Waals surface area contributed by atoms with Gasteiger partial charge in [0.1, 0.15) is 0 Å². The van der Waals surface area contributed by atoms with Gasteiger partial charge in [-0.1, -0.05) is 58.0 Å². The molecule has 0 aromatic heterocycles. The second-order valence-corrected chi connectivity index (χ2v) is 6.48. The van der Waals surface area contributed by atoms with Crippen LogP contribution >= 0.6 is 0 Å². The van der Waals surface area contributed by atoms with E-state index in [0.29, 0.717) is 10.8 Å². The van der Waals surface area contributed by atoms with Gasteiger partial charge in [0.15, 0.2) is 0 Å². The average Bonchev–Trinajstić information content (AvgIpc) is 2.26. The molecule has 1 aliphatic rings. The highest BCUT2D eigenvalue weighted by Gasteiger charge is 2.36. The maximum absolute atomic E-state index is 3.78. The molecule has 17 heavy (non-hydrogen) atoms. The summed E-state index contributed by atoms with van der Waals surface area (Å²) in [6.07, 6.45) is 6.49. The minimum absolute atomic E-state index is 0.301. The van der Waals surface area contributed by atoms with E-state index < -0.39 is 0 Å². The van der Waals surface area contributed by atoms with Crippen molar-refractivity contribution in [2.75, 3.05) is 0 Å². The van der Waals surface area contributed by atoms with Crippen molar-refractivity contribution in [3.05, 3.63) is 47.9 Å². The van der Waals surface area contributed by atoms with Gasteiger partial charge in [-0.05, 0) is 47.3 Å². The van der Waals surface area contributed by atoms with Gasteiger partial charge in [0.05, 0.1) is 0 Å². The Morgan fingerprint density at radius 1 is 1.00 bits per heavy atom. The summed E-state index contributed by atoms with van der Waals surface area (Å²) in [5.41, 5.74) is 4.93. The third-order valence-corrected chi connectivity index (χ3v) is 4.19. The normalized spacial score (nSPS) is 21.5. The van der Waals surface area contributed by atoms with Crippen LogP contribution in [-0.4, -0.2) is 0 Å². The highest BCUT2D eigenvalue weighted by atomic mass is 14.4. The summed E-state index contributed by atoms with van der Waals surface area (Å²) in [5.74, 6) is 0. The van der Waals surface area contributed by atoms with Crippen LogP contribution < -0.4 is 0 Å². The van der Waals surface area contributed by atoms with Gasteiger partial charge < -0.3 is 0 Å². The van der Waals surface area contributed by atoms with Crippen LogP contribution in [0.3, 0.4) is 0 Å². The fraction of sp³-hybridized carbons (Fsp3) is 0.471. The SMILES string of the molecule is [CH2]C=Cc1ccc2c(c1)C(C)(C)CCC2(C)C. The number of fused-ring (bicyclic) bond motifs is 1. The number of benzene rings is 1. The van der Waals surface area contributed by atoms with Crippen molar-refractivity contribution >= 4 is 6.08 Å². The maximum Gasteiger partial charge on any atom is -0.0100 e. The molecule has 1 radical (unpaired) electrons. The third kappa shape index (κ3) is 2.18. The topological polar surface area (TPSA) is 0 Å². The van der Waals surface area contributed by atoms with Crippen molar-refractivity contribution in [3.8, 4) is 0 Å². The van der Waals surface area contributed by atoms with E-state index in [4.69, 9.17) is 0 Å². The first kappa shape index (κ1) is 12.4. The van der Waals surface area contributed by atoms with Gasteiger partial charge in [-0.3, -0.25) is 0 Å². The first-order chi connectivity index (χ1) is 7.87. The van der Waals surface area contributed by atoms with Crippen LogP contribution in [0.15, 0.2) is 24.3 Å². The summed E-state index contributed by atoms with van der Waals surface area (Å²) in [7, 11) is 0. The lowest BCUT2D eigenvalue weighted by molar-refractivity contribution is 0.332. The molecule has 0 amide bonds. The molecule has 91 valence electrons. The Morgan fingerprint density at radius 2 is 1.59 bits per heavy atom. The largest absolute Gasteiger partial charge is 0.0836 e. The number of rotatable bonds is 1. The average molecular weight is 227 g/mol. The van der Waals surface area contributed by atoms with Crippen molar-refractivity contribution in [2.24, 2.45) is 0 Å². The third-order valence-electron chi connectivity index (χ3n) is 4.19. The fourth-order valence-electron chi connectivity index (χ4n) is 2.85. The van der Waals surface area contributed by atoms with Crippen molar-refractivity contribution < 1.29 is 0 Å². The summed E-state index contributed by atoms with van der Waals surface area (Å²) < 4.78 is 0. The molecule has 0 heterocycles. The van der Waals surface area contributed by atoms with Crippen LogP contribution in [0.5, 0.6) is 0 Å². The van der Waals surface area contributed by atoms with Crippen LogP contribution in [0.25, 0.3) is 6.08 Å². The zero-order valence-corrected chi connectivity index (χ0v) is 11.5. The zero-order valence-electron chi connectivity index (χ0n) is 11.5. The van der Waals surface area contributed by atoms with E-state index in [1.807, 2.05) is 6.08 Å². The Hall–Kier alpha value is -1.04. The van der Waals surface area contributed by atoms with Gasteiger partial charge in [-0.15, -0.1) is 0 Å². The van der Waals surface area contributed by atoms with Crippen LogP contribution in [0.2, 0.25) is 0 Å². The first-order valence-electron chi connectivity index (χ1n) is 6.48. The van der Waals surface area contributed by atoms with Gasteiger partial charge in [0.2, 0.25) is 0 Å². The van der Waals surface area contributed by atoms with Crippen LogP contribution in [0.1, 0.15) is 57.2 Å². The molecule has 0 bridgehead atoms. The summed E-state index contributed by atoms with van der Waals surface area (Å²) >= 11 is 0. The molecule has 0 heteroatoms. The molecule has 1 aliphatic carbocycles. The molecule has 0 nitrogen and oxygen atoms in total. The molecule has 0 spiro atoms.